The van der Waals surface area contributed by atoms with Gasteiger partial charge >= 0.3 is 12.2 Å². The molecule has 36 heavy (non-hydrogen) atoms. The van der Waals surface area contributed by atoms with Crippen LogP contribution in [0, 0.1) is 0 Å². The van der Waals surface area contributed by atoms with Gasteiger partial charge in [-0.3, -0.25) is 9.80 Å². The molecule has 0 atom stereocenters. The summed E-state index contributed by atoms with van der Waals surface area (Å²) < 4.78 is 0. The number of rotatable bonds is 5. The van der Waals surface area contributed by atoms with E-state index in [2.05, 4.69) is 0 Å². The van der Waals surface area contributed by atoms with Gasteiger partial charge in [0.2, 0.25) is 7.38 Å². The molecule has 0 saturated heterocycles. The highest BCUT2D eigenvalue weighted by atomic mass is 35.6. The van der Waals surface area contributed by atoms with Gasteiger partial charge in [-0.15, -0.1) is 11.1 Å². The van der Waals surface area contributed by atoms with E-state index in [9.17, 15) is 19.8 Å². The highest BCUT2D eigenvalue weighted by molar-refractivity contribution is 7.40. The first-order valence-electron chi connectivity index (χ1n) is 11.7. The molecule has 3 aromatic carbocycles. The summed E-state index contributed by atoms with van der Waals surface area (Å²) in [5.41, 5.74) is -0.275. The molecule has 0 fully saturated rings. The van der Waals surface area contributed by atoms with Gasteiger partial charge in [-0.2, -0.15) is 0 Å². The smallest absolute Gasteiger partial charge is 0.412 e. The van der Waals surface area contributed by atoms with Crippen LogP contribution in [0.25, 0.3) is 0 Å². The third-order valence-corrected chi connectivity index (χ3v) is 11.2. The van der Waals surface area contributed by atoms with Crippen LogP contribution in [0.4, 0.5) is 21.0 Å². The summed E-state index contributed by atoms with van der Waals surface area (Å²) in [5.74, 6) is 0. The van der Waals surface area contributed by atoms with Crippen LogP contribution in [0.1, 0.15) is 41.5 Å². The van der Waals surface area contributed by atoms with Crippen molar-refractivity contribution in [1.29, 1.82) is 0 Å². The molecule has 0 aliphatic heterocycles. The monoisotopic (exact) mass is 524 g/mol. The molecule has 8 heteroatoms. The number of nitrogens with zero attached hydrogens (tertiary/aromatic N) is 2. The molecule has 0 aliphatic carbocycles. The zero-order valence-electron chi connectivity index (χ0n) is 21.5. The van der Waals surface area contributed by atoms with Gasteiger partial charge in [0.25, 0.3) is 0 Å². The summed E-state index contributed by atoms with van der Waals surface area (Å²) >= 11 is 7.66. The zero-order chi connectivity index (χ0) is 26.9. The molecule has 0 heterocycles. The molecule has 0 aromatic heterocycles. The number of anilines is 2. The Kier molecular flexibility index (Phi) is 7.57. The largest absolute Gasteiger partial charge is 0.465 e. The number of hydrogen-bond acceptors (Lipinski definition) is 2. The second-order valence-electron chi connectivity index (χ2n) is 10.7. The number of halogens is 1. The van der Waals surface area contributed by atoms with Crippen molar-refractivity contribution in [1.82, 2.24) is 0 Å². The van der Waals surface area contributed by atoms with Crippen LogP contribution in [-0.4, -0.2) is 40.9 Å². The minimum Gasteiger partial charge on any atom is -0.465 e. The van der Waals surface area contributed by atoms with E-state index in [1.807, 2.05) is 108 Å². The van der Waals surface area contributed by atoms with Crippen molar-refractivity contribution >= 4 is 57.6 Å². The molecule has 2 amide bonds. The molecule has 0 spiro atoms. The van der Waals surface area contributed by atoms with Gasteiger partial charge in [0.05, 0.1) is 0 Å². The molecule has 2 N–H and O–H groups in total. The van der Waals surface area contributed by atoms with Gasteiger partial charge in [0.15, 0.2) is 0 Å². The third-order valence-electron chi connectivity index (χ3n) is 5.90. The first-order valence-corrected chi connectivity index (χ1v) is 14.7. The Labute approximate surface area is 218 Å². The summed E-state index contributed by atoms with van der Waals surface area (Å²) in [4.78, 5) is 27.0. The summed E-state index contributed by atoms with van der Waals surface area (Å²) in [6.45, 7) is 11.0. The molecule has 190 valence electrons. The van der Waals surface area contributed by atoms with Gasteiger partial charge in [-0.05, 0) is 81.4 Å². The SMILES string of the molecule is CC(C)(C)N(C(=O)O)c1cccc([Si](Cl)(c2ccccc2)c2cccc(N(C(=O)O)C(C)(C)C)c2)c1. The van der Waals surface area contributed by atoms with Gasteiger partial charge in [-0.25, -0.2) is 9.59 Å². The lowest BCUT2D eigenvalue weighted by atomic mass is 10.1. The van der Waals surface area contributed by atoms with Crippen molar-refractivity contribution in [3.05, 3.63) is 78.9 Å². The summed E-state index contributed by atoms with van der Waals surface area (Å²) in [5, 5.41) is 22.4. The van der Waals surface area contributed by atoms with E-state index in [-0.39, 0.29) is 0 Å². The van der Waals surface area contributed by atoms with Crippen LogP contribution in [0.2, 0.25) is 0 Å². The Morgan fingerprint density at radius 2 is 1.00 bits per heavy atom. The molecule has 3 rings (SSSR count). The van der Waals surface area contributed by atoms with Crippen molar-refractivity contribution in [3.8, 4) is 0 Å². The lowest BCUT2D eigenvalue weighted by Crippen LogP contribution is -2.63. The predicted octanol–water partition coefficient (Wildman–Crippen LogP) is 5.46. The standard InChI is InChI=1S/C28H33ClN2O4Si/c1-27(2,3)30(25(32)33)20-12-10-16-23(18-20)36(29,22-14-8-7-9-15-22)24-17-11-13-21(19-24)31(26(34)35)28(4,5)6/h7-19H,1-6H3,(H,32,33)(H,34,35). The predicted molar refractivity (Wildman–Crippen MR) is 150 cm³/mol. The fourth-order valence-electron chi connectivity index (χ4n) is 4.46. The Hall–Kier alpha value is -3.29. The van der Waals surface area contributed by atoms with Crippen LogP contribution in [0.3, 0.4) is 0 Å². The van der Waals surface area contributed by atoms with Crippen LogP contribution < -0.4 is 25.4 Å². The zero-order valence-corrected chi connectivity index (χ0v) is 23.2. The normalized spacial score (nSPS) is 12.2. The van der Waals surface area contributed by atoms with Crippen LogP contribution in [-0.2, 0) is 0 Å². The number of carboxylic acid groups (broad SMARTS) is 2. The van der Waals surface area contributed by atoms with E-state index >= 15 is 0 Å². The van der Waals surface area contributed by atoms with Crippen molar-refractivity contribution < 1.29 is 19.8 Å². The number of benzene rings is 3. The lowest BCUT2D eigenvalue weighted by molar-refractivity contribution is 0.194. The Morgan fingerprint density at radius 1 is 0.639 bits per heavy atom. The quantitative estimate of drug-likeness (QED) is 0.264. The van der Waals surface area contributed by atoms with Crippen molar-refractivity contribution in [2.45, 2.75) is 52.6 Å². The van der Waals surface area contributed by atoms with E-state index in [0.29, 0.717) is 11.4 Å². The van der Waals surface area contributed by atoms with Crippen LogP contribution >= 0.6 is 11.1 Å². The van der Waals surface area contributed by atoms with Crippen molar-refractivity contribution in [3.63, 3.8) is 0 Å². The molecule has 6 nitrogen and oxygen atoms in total. The second kappa shape index (κ2) is 9.99. The summed E-state index contributed by atoms with van der Waals surface area (Å²) in [6, 6.07) is 24.4. The first kappa shape index (κ1) is 27.3. The number of carbonyl (C=O) groups is 2. The highest BCUT2D eigenvalue weighted by Crippen LogP contribution is 2.27. The summed E-state index contributed by atoms with van der Waals surface area (Å²) in [7, 11) is -3.19. The lowest BCUT2D eigenvalue weighted by Gasteiger charge is -2.35. The molecule has 0 radical (unpaired) electrons. The fourth-order valence-corrected chi connectivity index (χ4v) is 8.54. The van der Waals surface area contributed by atoms with Crippen LogP contribution in [0.5, 0.6) is 0 Å². The first-order chi connectivity index (χ1) is 16.7. The maximum absolute atomic E-state index is 12.2. The maximum atomic E-state index is 12.2. The summed E-state index contributed by atoms with van der Waals surface area (Å²) in [6.07, 6.45) is -2.10. The number of hydrogen-bond donors (Lipinski definition) is 2. The molecule has 0 bridgehead atoms. The van der Waals surface area contributed by atoms with Crippen molar-refractivity contribution in [2.75, 3.05) is 9.80 Å². The van der Waals surface area contributed by atoms with Gasteiger partial charge in [0.1, 0.15) is 0 Å². The minimum atomic E-state index is -3.19. The maximum Gasteiger partial charge on any atom is 0.412 e. The van der Waals surface area contributed by atoms with Gasteiger partial charge in [0, 0.05) is 22.5 Å². The van der Waals surface area contributed by atoms with E-state index < -0.39 is 30.6 Å². The van der Waals surface area contributed by atoms with E-state index in [1.165, 1.54) is 9.80 Å². The minimum absolute atomic E-state index is 0.527. The van der Waals surface area contributed by atoms with Crippen LogP contribution in [0.15, 0.2) is 78.9 Å². The second-order valence-corrected chi connectivity index (χ2v) is 15.5. The Morgan fingerprint density at radius 3 is 1.33 bits per heavy atom. The molecular weight excluding hydrogens is 492 g/mol. The van der Waals surface area contributed by atoms with Gasteiger partial charge in [-0.1, -0.05) is 54.6 Å². The highest BCUT2D eigenvalue weighted by Gasteiger charge is 2.40. The molecule has 0 aliphatic rings. The molecule has 3 aromatic rings. The molecular formula is C28H33ClN2O4Si. The molecule has 0 saturated carbocycles. The topological polar surface area (TPSA) is 81.1 Å². The Bertz CT molecular complexity index is 1180. The Balaban J connectivity index is 2.28. The van der Waals surface area contributed by atoms with Crippen molar-refractivity contribution in [2.24, 2.45) is 0 Å². The molecule has 0 unspecified atom stereocenters. The average molecular weight is 525 g/mol. The number of amides is 2. The third kappa shape index (κ3) is 5.42. The average Bonchev–Trinajstić information content (AvgIpc) is 2.77. The fraction of sp³-hybridized carbons (Fsp3) is 0.286. The van der Waals surface area contributed by atoms with E-state index in [4.69, 9.17) is 11.1 Å². The van der Waals surface area contributed by atoms with E-state index in [1.54, 1.807) is 12.1 Å². The van der Waals surface area contributed by atoms with E-state index in [0.717, 1.165) is 15.6 Å². The van der Waals surface area contributed by atoms with Gasteiger partial charge < -0.3 is 10.2 Å².